The summed E-state index contributed by atoms with van der Waals surface area (Å²) in [5.41, 5.74) is 1.20. The number of nitrogens with zero attached hydrogens (tertiary/aromatic N) is 3. The average Bonchev–Trinajstić information content (AvgIpc) is 2.98. The van der Waals surface area contributed by atoms with Gasteiger partial charge in [0.05, 0.1) is 25.9 Å². The molecule has 0 amide bonds. The summed E-state index contributed by atoms with van der Waals surface area (Å²) in [7, 11) is 0. The minimum atomic E-state index is -0.0251. The quantitative estimate of drug-likeness (QED) is 0.840. The third-order valence-corrected chi connectivity index (χ3v) is 4.91. The van der Waals surface area contributed by atoms with E-state index in [0.717, 1.165) is 18.1 Å². The van der Waals surface area contributed by atoms with Gasteiger partial charge in [-0.2, -0.15) is 0 Å². The topological polar surface area (TPSA) is 47.5 Å². The molecule has 0 aliphatic carbocycles. The summed E-state index contributed by atoms with van der Waals surface area (Å²) < 4.78 is 11.5. The molecule has 5 nitrogen and oxygen atoms in total. The molecule has 1 unspecified atom stereocenters. The fraction of sp³-hybridized carbons (Fsp3) is 0.529. The maximum absolute atomic E-state index is 6.09. The number of rotatable bonds is 5. The molecule has 0 N–H and O–H groups in total. The second-order valence-corrected chi connectivity index (χ2v) is 7.32. The van der Waals surface area contributed by atoms with Crippen LogP contribution in [0.1, 0.15) is 37.4 Å². The van der Waals surface area contributed by atoms with E-state index in [1.807, 2.05) is 13.0 Å². The van der Waals surface area contributed by atoms with E-state index in [-0.39, 0.29) is 11.6 Å². The van der Waals surface area contributed by atoms with Gasteiger partial charge in [0.1, 0.15) is 5.01 Å². The molecule has 1 fully saturated rings. The summed E-state index contributed by atoms with van der Waals surface area (Å²) in [6.45, 7) is 9.30. The van der Waals surface area contributed by atoms with Crippen molar-refractivity contribution in [2.24, 2.45) is 0 Å². The van der Waals surface area contributed by atoms with E-state index in [9.17, 15) is 0 Å². The number of benzene rings is 1. The summed E-state index contributed by atoms with van der Waals surface area (Å²) >= 11 is 1.52. The van der Waals surface area contributed by atoms with Crippen molar-refractivity contribution in [2.75, 3.05) is 19.8 Å². The van der Waals surface area contributed by atoms with E-state index in [1.54, 1.807) is 0 Å². The first-order valence-electron chi connectivity index (χ1n) is 7.95. The van der Waals surface area contributed by atoms with E-state index in [2.05, 4.69) is 53.2 Å². The molecular weight excluding hydrogens is 310 g/mol. The van der Waals surface area contributed by atoms with Crippen molar-refractivity contribution in [3.8, 4) is 5.19 Å². The Morgan fingerprint density at radius 2 is 2.09 bits per heavy atom. The van der Waals surface area contributed by atoms with Crippen LogP contribution in [-0.2, 0) is 11.3 Å². The normalized spacial score (nSPS) is 21.3. The Balaban J connectivity index is 1.72. The predicted octanol–water partition coefficient (Wildman–Crippen LogP) is 3.29. The van der Waals surface area contributed by atoms with Crippen LogP contribution in [0.4, 0.5) is 0 Å². The maximum Gasteiger partial charge on any atom is 0.294 e. The third kappa shape index (κ3) is 3.88. The van der Waals surface area contributed by atoms with Crippen LogP contribution in [0.25, 0.3) is 0 Å². The smallest absolute Gasteiger partial charge is 0.294 e. The molecule has 0 bridgehead atoms. The van der Waals surface area contributed by atoms with Gasteiger partial charge in [-0.05, 0) is 26.3 Å². The standard InChI is InChI=1S/C17H23N3O2S/c1-4-21-16-19-18-15(23-16)11-20-10-14(22-12-17(20,2)3)13-8-6-5-7-9-13/h5-9,14H,4,10-12H2,1-3H3. The largest absolute Gasteiger partial charge is 0.469 e. The van der Waals surface area contributed by atoms with Gasteiger partial charge in [-0.3, -0.25) is 4.90 Å². The van der Waals surface area contributed by atoms with Crippen molar-refractivity contribution in [2.45, 2.75) is 39.0 Å². The molecule has 6 heteroatoms. The lowest BCUT2D eigenvalue weighted by Gasteiger charge is -2.45. The van der Waals surface area contributed by atoms with E-state index in [0.29, 0.717) is 18.4 Å². The molecule has 2 heterocycles. The molecule has 0 saturated carbocycles. The first kappa shape index (κ1) is 16.4. The van der Waals surface area contributed by atoms with Crippen molar-refractivity contribution in [1.29, 1.82) is 0 Å². The van der Waals surface area contributed by atoms with Crippen LogP contribution in [0.3, 0.4) is 0 Å². The fourth-order valence-corrected chi connectivity index (χ4v) is 3.45. The Kier molecular flexibility index (Phi) is 4.94. The highest BCUT2D eigenvalue weighted by atomic mass is 32.1. The summed E-state index contributed by atoms with van der Waals surface area (Å²) in [4.78, 5) is 2.42. The Labute approximate surface area is 141 Å². The minimum Gasteiger partial charge on any atom is -0.469 e. The lowest BCUT2D eigenvalue weighted by molar-refractivity contribution is -0.104. The molecule has 124 valence electrons. The predicted molar refractivity (Wildman–Crippen MR) is 90.7 cm³/mol. The zero-order valence-electron chi connectivity index (χ0n) is 13.9. The van der Waals surface area contributed by atoms with E-state index in [4.69, 9.17) is 9.47 Å². The van der Waals surface area contributed by atoms with Gasteiger partial charge < -0.3 is 9.47 Å². The van der Waals surface area contributed by atoms with Crippen molar-refractivity contribution in [1.82, 2.24) is 15.1 Å². The minimum absolute atomic E-state index is 0.0251. The van der Waals surface area contributed by atoms with Crippen LogP contribution < -0.4 is 4.74 Å². The third-order valence-electron chi connectivity index (χ3n) is 4.09. The highest BCUT2D eigenvalue weighted by Crippen LogP contribution is 2.32. The Morgan fingerprint density at radius 1 is 1.30 bits per heavy atom. The molecule has 2 aromatic rings. The summed E-state index contributed by atoms with van der Waals surface area (Å²) in [5, 5.41) is 9.97. The Morgan fingerprint density at radius 3 is 2.83 bits per heavy atom. The molecule has 1 aromatic carbocycles. The van der Waals surface area contributed by atoms with Gasteiger partial charge in [0.25, 0.3) is 5.19 Å². The lowest BCUT2D eigenvalue weighted by atomic mass is 9.98. The van der Waals surface area contributed by atoms with Gasteiger partial charge in [0, 0.05) is 12.1 Å². The molecule has 1 aliphatic heterocycles. The number of morpholine rings is 1. The van der Waals surface area contributed by atoms with Gasteiger partial charge in [-0.15, -0.1) is 10.2 Å². The zero-order valence-corrected chi connectivity index (χ0v) is 14.7. The first-order valence-corrected chi connectivity index (χ1v) is 8.77. The van der Waals surface area contributed by atoms with Gasteiger partial charge in [-0.1, -0.05) is 41.7 Å². The molecule has 1 saturated heterocycles. The molecule has 0 radical (unpaired) electrons. The molecule has 0 spiro atoms. The van der Waals surface area contributed by atoms with Gasteiger partial charge in [0.2, 0.25) is 0 Å². The molecule has 1 aromatic heterocycles. The van der Waals surface area contributed by atoms with Gasteiger partial charge in [0.15, 0.2) is 0 Å². The van der Waals surface area contributed by atoms with Crippen molar-refractivity contribution in [3.63, 3.8) is 0 Å². The van der Waals surface area contributed by atoms with Crippen LogP contribution in [0, 0.1) is 0 Å². The van der Waals surface area contributed by atoms with E-state index in [1.165, 1.54) is 16.9 Å². The van der Waals surface area contributed by atoms with Crippen LogP contribution >= 0.6 is 11.3 Å². The molecule has 23 heavy (non-hydrogen) atoms. The van der Waals surface area contributed by atoms with E-state index < -0.39 is 0 Å². The average molecular weight is 333 g/mol. The van der Waals surface area contributed by atoms with Crippen LogP contribution in [-0.4, -0.2) is 40.4 Å². The second-order valence-electron chi connectivity index (χ2n) is 6.30. The number of ether oxygens (including phenoxy) is 2. The Hall–Kier alpha value is -1.50. The SMILES string of the molecule is CCOc1nnc(CN2CC(c3ccccc3)OCC2(C)C)s1. The highest BCUT2D eigenvalue weighted by molar-refractivity contribution is 7.13. The Bertz CT molecular complexity index is 630. The molecule has 3 rings (SSSR count). The molecular formula is C17H23N3O2S. The van der Waals surface area contributed by atoms with Crippen LogP contribution in [0.2, 0.25) is 0 Å². The van der Waals surface area contributed by atoms with Crippen molar-refractivity contribution >= 4 is 11.3 Å². The second kappa shape index (κ2) is 6.95. The number of aromatic nitrogens is 2. The fourth-order valence-electron chi connectivity index (χ4n) is 2.69. The highest BCUT2D eigenvalue weighted by Gasteiger charge is 2.36. The number of hydrogen-bond acceptors (Lipinski definition) is 6. The maximum atomic E-state index is 6.09. The van der Waals surface area contributed by atoms with Crippen LogP contribution in [0.15, 0.2) is 30.3 Å². The van der Waals surface area contributed by atoms with Gasteiger partial charge >= 0.3 is 0 Å². The molecule has 1 atom stereocenters. The summed E-state index contributed by atoms with van der Waals surface area (Å²) in [5.74, 6) is 0. The summed E-state index contributed by atoms with van der Waals surface area (Å²) in [6, 6.07) is 10.4. The first-order chi connectivity index (χ1) is 11.1. The lowest BCUT2D eigenvalue weighted by Crippen LogP contribution is -2.53. The van der Waals surface area contributed by atoms with Crippen molar-refractivity contribution < 1.29 is 9.47 Å². The zero-order chi connectivity index (χ0) is 16.3. The molecule has 1 aliphatic rings. The summed E-state index contributed by atoms with van der Waals surface area (Å²) in [6.07, 6.45) is 0.100. The van der Waals surface area contributed by atoms with E-state index >= 15 is 0 Å². The van der Waals surface area contributed by atoms with Crippen LogP contribution in [0.5, 0.6) is 5.19 Å². The van der Waals surface area contributed by atoms with Crippen molar-refractivity contribution in [3.05, 3.63) is 40.9 Å². The number of hydrogen-bond donors (Lipinski definition) is 0. The monoisotopic (exact) mass is 333 g/mol. The van der Waals surface area contributed by atoms with Gasteiger partial charge in [-0.25, -0.2) is 0 Å².